The number of anilines is 1. The summed E-state index contributed by atoms with van der Waals surface area (Å²) in [7, 11) is 0. The van der Waals surface area contributed by atoms with Crippen molar-refractivity contribution in [1.29, 1.82) is 0 Å². The van der Waals surface area contributed by atoms with Gasteiger partial charge in [0.25, 0.3) is 0 Å². The van der Waals surface area contributed by atoms with E-state index in [1.165, 1.54) is 6.42 Å². The lowest BCUT2D eigenvalue weighted by atomic mass is 10.1. The van der Waals surface area contributed by atoms with Crippen LogP contribution in [0.25, 0.3) is 0 Å². The summed E-state index contributed by atoms with van der Waals surface area (Å²) in [6, 6.07) is 5.37. The van der Waals surface area contributed by atoms with Crippen LogP contribution >= 0.6 is 0 Å². The molecule has 1 rings (SSSR count). The zero-order valence-electron chi connectivity index (χ0n) is 10.8. The van der Waals surface area contributed by atoms with Crippen LogP contribution in [0.1, 0.15) is 42.6 Å². The van der Waals surface area contributed by atoms with Gasteiger partial charge in [-0.05, 0) is 49.4 Å². The first-order chi connectivity index (χ1) is 8.00. The second-order valence-corrected chi connectivity index (χ2v) is 4.80. The first-order valence-electron chi connectivity index (χ1n) is 6.08. The van der Waals surface area contributed by atoms with Crippen LogP contribution in [0.2, 0.25) is 0 Å². The number of benzene rings is 1. The summed E-state index contributed by atoms with van der Waals surface area (Å²) in [6.07, 6.45) is 2.34. The van der Waals surface area contributed by atoms with Crippen molar-refractivity contribution in [2.75, 3.05) is 11.9 Å². The van der Waals surface area contributed by atoms with Crippen molar-refractivity contribution in [3.63, 3.8) is 0 Å². The molecule has 0 bridgehead atoms. The quantitative estimate of drug-likeness (QED) is 0.741. The van der Waals surface area contributed by atoms with Crippen molar-refractivity contribution in [2.24, 2.45) is 5.92 Å². The highest BCUT2D eigenvalue weighted by molar-refractivity contribution is 5.89. The van der Waals surface area contributed by atoms with Gasteiger partial charge in [-0.3, -0.25) is 0 Å². The fourth-order valence-electron chi connectivity index (χ4n) is 1.76. The Kier molecular flexibility index (Phi) is 5.01. The standard InChI is InChI=1S/C14H21NO2/c1-10(2)5-4-8-15-12-6-7-13(14(16)17)11(3)9-12/h6-7,9-10,15H,4-5,8H2,1-3H3,(H,16,17). The van der Waals surface area contributed by atoms with Crippen molar-refractivity contribution in [3.05, 3.63) is 29.3 Å². The molecule has 0 aromatic heterocycles. The van der Waals surface area contributed by atoms with Crippen LogP contribution in [0.3, 0.4) is 0 Å². The zero-order valence-corrected chi connectivity index (χ0v) is 10.8. The van der Waals surface area contributed by atoms with Gasteiger partial charge >= 0.3 is 5.97 Å². The van der Waals surface area contributed by atoms with E-state index in [0.29, 0.717) is 5.56 Å². The average Bonchev–Trinajstić information content (AvgIpc) is 2.23. The molecule has 0 radical (unpaired) electrons. The predicted molar refractivity (Wildman–Crippen MR) is 70.7 cm³/mol. The van der Waals surface area contributed by atoms with Crippen molar-refractivity contribution in [3.8, 4) is 0 Å². The lowest BCUT2D eigenvalue weighted by Gasteiger charge is -2.09. The largest absolute Gasteiger partial charge is 0.478 e. The van der Waals surface area contributed by atoms with E-state index >= 15 is 0 Å². The van der Waals surface area contributed by atoms with Gasteiger partial charge in [-0.2, -0.15) is 0 Å². The molecule has 0 atom stereocenters. The Morgan fingerprint density at radius 2 is 2.12 bits per heavy atom. The van der Waals surface area contributed by atoms with E-state index in [2.05, 4.69) is 19.2 Å². The maximum Gasteiger partial charge on any atom is 0.335 e. The molecule has 0 heterocycles. The van der Waals surface area contributed by atoms with Gasteiger partial charge in [-0.15, -0.1) is 0 Å². The first kappa shape index (κ1) is 13.6. The lowest BCUT2D eigenvalue weighted by Crippen LogP contribution is -2.05. The number of nitrogens with one attached hydrogen (secondary N) is 1. The normalized spacial score (nSPS) is 10.6. The fraction of sp³-hybridized carbons (Fsp3) is 0.500. The van der Waals surface area contributed by atoms with Gasteiger partial charge in [-0.1, -0.05) is 13.8 Å². The Bertz CT molecular complexity index is 386. The number of carbonyl (C=O) groups is 1. The smallest absolute Gasteiger partial charge is 0.335 e. The number of aryl methyl sites for hydroxylation is 1. The summed E-state index contributed by atoms with van der Waals surface area (Å²) in [5.74, 6) is -0.137. The van der Waals surface area contributed by atoms with E-state index < -0.39 is 5.97 Å². The van der Waals surface area contributed by atoms with Crippen LogP contribution in [0.4, 0.5) is 5.69 Å². The average molecular weight is 235 g/mol. The Labute approximate surface area is 103 Å². The lowest BCUT2D eigenvalue weighted by molar-refractivity contribution is 0.0696. The number of carboxylic acids is 1. The van der Waals surface area contributed by atoms with Gasteiger partial charge in [0.1, 0.15) is 0 Å². The van der Waals surface area contributed by atoms with Crippen LogP contribution in [-0.2, 0) is 0 Å². The highest BCUT2D eigenvalue weighted by atomic mass is 16.4. The summed E-state index contributed by atoms with van der Waals surface area (Å²) in [5.41, 5.74) is 2.17. The van der Waals surface area contributed by atoms with E-state index in [-0.39, 0.29) is 0 Å². The Hall–Kier alpha value is -1.51. The predicted octanol–water partition coefficient (Wildman–Crippen LogP) is 3.54. The third kappa shape index (κ3) is 4.47. The Morgan fingerprint density at radius 1 is 1.41 bits per heavy atom. The molecule has 3 heteroatoms. The molecule has 94 valence electrons. The highest BCUT2D eigenvalue weighted by Crippen LogP contribution is 2.15. The molecule has 0 saturated heterocycles. The van der Waals surface area contributed by atoms with E-state index in [9.17, 15) is 4.79 Å². The molecule has 0 aliphatic rings. The molecule has 0 saturated carbocycles. The van der Waals surface area contributed by atoms with Gasteiger partial charge in [0.15, 0.2) is 0 Å². The van der Waals surface area contributed by atoms with Crippen LogP contribution in [0.15, 0.2) is 18.2 Å². The van der Waals surface area contributed by atoms with Crippen LogP contribution < -0.4 is 5.32 Å². The van der Waals surface area contributed by atoms with E-state index in [0.717, 1.165) is 30.1 Å². The van der Waals surface area contributed by atoms with Crippen LogP contribution in [0, 0.1) is 12.8 Å². The van der Waals surface area contributed by atoms with Gasteiger partial charge < -0.3 is 10.4 Å². The van der Waals surface area contributed by atoms with Crippen LogP contribution in [-0.4, -0.2) is 17.6 Å². The Morgan fingerprint density at radius 3 is 2.65 bits per heavy atom. The monoisotopic (exact) mass is 235 g/mol. The second-order valence-electron chi connectivity index (χ2n) is 4.80. The molecule has 0 spiro atoms. The summed E-state index contributed by atoms with van der Waals surface area (Å²) in [6.45, 7) is 7.18. The summed E-state index contributed by atoms with van der Waals surface area (Å²) in [4.78, 5) is 10.8. The molecule has 17 heavy (non-hydrogen) atoms. The molecule has 1 aromatic rings. The SMILES string of the molecule is Cc1cc(NCCCC(C)C)ccc1C(=O)O. The molecule has 0 unspecified atom stereocenters. The highest BCUT2D eigenvalue weighted by Gasteiger charge is 2.06. The molecule has 0 amide bonds. The molecule has 0 aliphatic heterocycles. The number of hydrogen-bond donors (Lipinski definition) is 2. The third-order valence-corrected chi connectivity index (χ3v) is 2.74. The van der Waals surface area contributed by atoms with Crippen molar-refractivity contribution in [1.82, 2.24) is 0 Å². The number of hydrogen-bond acceptors (Lipinski definition) is 2. The Balaban J connectivity index is 2.50. The molecule has 0 fully saturated rings. The molecule has 2 N–H and O–H groups in total. The van der Waals surface area contributed by atoms with Crippen LogP contribution in [0.5, 0.6) is 0 Å². The third-order valence-electron chi connectivity index (χ3n) is 2.74. The molecule has 0 aliphatic carbocycles. The maximum absolute atomic E-state index is 10.8. The van der Waals surface area contributed by atoms with E-state index in [1.807, 2.05) is 19.1 Å². The van der Waals surface area contributed by atoms with Gasteiger partial charge in [-0.25, -0.2) is 4.79 Å². The molecular formula is C14H21NO2. The van der Waals surface area contributed by atoms with Gasteiger partial charge in [0.05, 0.1) is 5.56 Å². The van der Waals surface area contributed by atoms with E-state index in [1.54, 1.807) is 6.07 Å². The fourth-order valence-corrected chi connectivity index (χ4v) is 1.76. The van der Waals surface area contributed by atoms with Crippen molar-refractivity contribution < 1.29 is 9.90 Å². The molecule has 3 nitrogen and oxygen atoms in total. The first-order valence-corrected chi connectivity index (χ1v) is 6.08. The van der Waals surface area contributed by atoms with E-state index in [4.69, 9.17) is 5.11 Å². The maximum atomic E-state index is 10.8. The summed E-state index contributed by atoms with van der Waals surface area (Å²) in [5, 5.41) is 12.2. The van der Waals surface area contributed by atoms with Crippen molar-refractivity contribution >= 4 is 11.7 Å². The molecular weight excluding hydrogens is 214 g/mol. The zero-order chi connectivity index (χ0) is 12.8. The topological polar surface area (TPSA) is 49.3 Å². The minimum Gasteiger partial charge on any atom is -0.478 e. The van der Waals surface area contributed by atoms with Gasteiger partial charge in [0, 0.05) is 12.2 Å². The summed E-state index contributed by atoms with van der Waals surface area (Å²) < 4.78 is 0. The minimum absolute atomic E-state index is 0.373. The second kappa shape index (κ2) is 6.28. The minimum atomic E-state index is -0.867. The van der Waals surface area contributed by atoms with Gasteiger partial charge in [0.2, 0.25) is 0 Å². The van der Waals surface area contributed by atoms with Crippen molar-refractivity contribution in [2.45, 2.75) is 33.6 Å². The summed E-state index contributed by atoms with van der Waals surface area (Å²) >= 11 is 0. The number of rotatable bonds is 6. The number of aromatic carboxylic acids is 1. The molecule has 1 aromatic carbocycles. The number of carboxylic acid groups (broad SMARTS) is 1.